The molecule has 0 aromatic heterocycles. The van der Waals surface area contributed by atoms with E-state index >= 15 is 0 Å². The maximum absolute atomic E-state index is 12.5. The molecule has 0 aliphatic carbocycles. The number of carbonyl (C=O) groups is 2. The minimum Gasteiger partial charge on any atom is -0.493 e. The number of nitrogens with zero attached hydrogens (tertiary/aromatic N) is 1. The molecule has 9 nitrogen and oxygen atoms in total. The van der Waals surface area contributed by atoms with Crippen LogP contribution in [0.25, 0.3) is 0 Å². The Kier molecular flexibility index (Phi) is 7.62. The largest absolute Gasteiger partial charge is 0.493 e. The van der Waals surface area contributed by atoms with Crippen molar-refractivity contribution in [2.24, 2.45) is 0 Å². The molecular weight excluding hydrogens is 406 g/mol. The number of nitrogens with one attached hydrogen (secondary N) is 1. The molecule has 0 heterocycles. The Morgan fingerprint density at radius 2 is 1.83 bits per heavy atom. The second kappa shape index (κ2) is 10.1. The number of amides is 1. The van der Waals surface area contributed by atoms with Crippen molar-refractivity contribution < 1.29 is 37.5 Å². The number of benzene rings is 2. The maximum Gasteiger partial charge on any atom is 0.387 e. The van der Waals surface area contributed by atoms with E-state index in [1.807, 2.05) is 0 Å². The van der Waals surface area contributed by atoms with Gasteiger partial charge in [-0.2, -0.15) is 8.78 Å². The van der Waals surface area contributed by atoms with Crippen molar-refractivity contribution in [2.75, 3.05) is 13.7 Å². The molecule has 1 N–H and O–H groups in total. The molecule has 0 saturated carbocycles. The van der Waals surface area contributed by atoms with Crippen molar-refractivity contribution in [1.29, 1.82) is 0 Å². The molecule has 1 amide bonds. The van der Waals surface area contributed by atoms with Crippen LogP contribution in [0.15, 0.2) is 36.4 Å². The molecule has 0 aliphatic heterocycles. The SMILES string of the molecule is CCOC(=O)c1cc(C(=O)NCc2ccc(OC)c(OC(F)F)c2)cc([N+](=O)[O-])c1. The minimum absolute atomic E-state index is 0.0591. The number of hydrogen-bond donors (Lipinski definition) is 1. The topological polar surface area (TPSA) is 117 Å². The molecule has 2 rings (SSSR count). The Labute approximate surface area is 169 Å². The van der Waals surface area contributed by atoms with Crippen molar-refractivity contribution in [3.8, 4) is 11.5 Å². The van der Waals surface area contributed by atoms with Gasteiger partial charge in [-0.1, -0.05) is 6.07 Å². The van der Waals surface area contributed by atoms with Crippen LogP contribution >= 0.6 is 0 Å². The van der Waals surface area contributed by atoms with Gasteiger partial charge in [0.2, 0.25) is 0 Å². The van der Waals surface area contributed by atoms with Gasteiger partial charge in [-0.15, -0.1) is 0 Å². The molecule has 0 unspecified atom stereocenters. The van der Waals surface area contributed by atoms with Gasteiger partial charge in [-0.05, 0) is 30.7 Å². The van der Waals surface area contributed by atoms with Gasteiger partial charge < -0.3 is 19.5 Å². The number of nitro groups is 1. The van der Waals surface area contributed by atoms with Gasteiger partial charge in [0.25, 0.3) is 11.6 Å². The zero-order valence-corrected chi connectivity index (χ0v) is 16.0. The van der Waals surface area contributed by atoms with Crippen molar-refractivity contribution in [3.63, 3.8) is 0 Å². The quantitative estimate of drug-likeness (QED) is 0.373. The molecule has 0 aliphatic rings. The zero-order valence-electron chi connectivity index (χ0n) is 16.0. The van der Waals surface area contributed by atoms with Crippen molar-refractivity contribution in [3.05, 3.63) is 63.2 Å². The number of carbonyl (C=O) groups excluding carboxylic acids is 2. The summed E-state index contributed by atoms with van der Waals surface area (Å²) in [5.41, 5.74) is -0.322. The fourth-order valence-electron chi connectivity index (χ4n) is 2.48. The highest BCUT2D eigenvalue weighted by atomic mass is 19.3. The van der Waals surface area contributed by atoms with Gasteiger partial charge in [0.15, 0.2) is 11.5 Å². The molecular formula is C19H18F2N2O7. The summed E-state index contributed by atoms with van der Waals surface area (Å²) in [4.78, 5) is 34.7. The molecule has 0 bridgehead atoms. The zero-order chi connectivity index (χ0) is 22.3. The van der Waals surface area contributed by atoms with Gasteiger partial charge in [0.1, 0.15) is 0 Å². The number of halogens is 2. The summed E-state index contributed by atoms with van der Waals surface area (Å²) in [5, 5.41) is 13.6. The molecule has 30 heavy (non-hydrogen) atoms. The molecule has 2 aromatic carbocycles. The first-order chi connectivity index (χ1) is 14.2. The summed E-state index contributed by atoms with van der Waals surface area (Å²) in [5.74, 6) is -1.64. The lowest BCUT2D eigenvalue weighted by atomic mass is 10.1. The molecule has 0 spiro atoms. The first-order valence-corrected chi connectivity index (χ1v) is 8.61. The van der Waals surface area contributed by atoms with Crippen LogP contribution in [0.1, 0.15) is 33.2 Å². The third-order valence-electron chi connectivity index (χ3n) is 3.80. The van der Waals surface area contributed by atoms with Crippen LogP contribution in [0.4, 0.5) is 14.5 Å². The minimum atomic E-state index is -3.06. The monoisotopic (exact) mass is 424 g/mol. The van der Waals surface area contributed by atoms with E-state index < -0.39 is 29.1 Å². The van der Waals surface area contributed by atoms with Crippen LogP contribution in [-0.2, 0) is 11.3 Å². The molecule has 160 valence electrons. The van der Waals surface area contributed by atoms with Gasteiger partial charge in [-0.3, -0.25) is 14.9 Å². The standard InChI is InChI=1S/C19H18F2N2O7/c1-3-29-18(25)13-7-12(8-14(9-13)23(26)27)17(24)22-10-11-4-5-15(28-2)16(6-11)30-19(20)21/h4-9,19H,3,10H2,1-2H3,(H,22,24). The molecule has 2 aromatic rings. The van der Waals surface area contributed by atoms with Crippen molar-refractivity contribution in [1.82, 2.24) is 5.32 Å². The number of esters is 1. The summed E-state index contributed by atoms with van der Waals surface area (Å²) < 4.78 is 39.2. The highest BCUT2D eigenvalue weighted by Crippen LogP contribution is 2.29. The Bertz CT molecular complexity index is 950. The lowest BCUT2D eigenvalue weighted by Gasteiger charge is -2.12. The average molecular weight is 424 g/mol. The molecule has 11 heteroatoms. The Balaban J connectivity index is 2.21. The number of nitro benzene ring substituents is 1. The van der Waals surface area contributed by atoms with Crippen LogP contribution < -0.4 is 14.8 Å². The number of non-ortho nitro benzene ring substituents is 1. The van der Waals surface area contributed by atoms with Gasteiger partial charge in [-0.25, -0.2) is 4.79 Å². The first-order valence-electron chi connectivity index (χ1n) is 8.61. The van der Waals surface area contributed by atoms with Gasteiger partial charge in [0.05, 0.1) is 24.2 Å². The second-order valence-corrected chi connectivity index (χ2v) is 5.79. The fraction of sp³-hybridized carbons (Fsp3) is 0.263. The van der Waals surface area contributed by atoms with Crippen LogP contribution in [0, 0.1) is 10.1 Å². The highest BCUT2D eigenvalue weighted by molar-refractivity contribution is 5.99. The third-order valence-corrected chi connectivity index (χ3v) is 3.80. The number of alkyl halides is 2. The predicted molar refractivity (Wildman–Crippen MR) is 99.8 cm³/mol. The fourth-order valence-corrected chi connectivity index (χ4v) is 2.48. The van der Waals surface area contributed by atoms with E-state index in [4.69, 9.17) is 9.47 Å². The smallest absolute Gasteiger partial charge is 0.387 e. The predicted octanol–water partition coefficient (Wildman–Crippen LogP) is 3.31. The third kappa shape index (κ3) is 5.87. The van der Waals surface area contributed by atoms with E-state index in [-0.39, 0.29) is 35.8 Å². The van der Waals surface area contributed by atoms with E-state index in [1.165, 1.54) is 31.4 Å². The van der Waals surface area contributed by atoms with E-state index in [0.29, 0.717) is 5.56 Å². The summed E-state index contributed by atoms with van der Waals surface area (Å²) in [7, 11) is 1.29. The summed E-state index contributed by atoms with van der Waals surface area (Å²) >= 11 is 0. The van der Waals surface area contributed by atoms with Gasteiger partial charge >= 0.3 is 12.6 Å². The van der Waals surface area contributed by atoms with E-state index in [2.05, 4.69) is 10.1 Å². The van der Waals surface area contributed by atoms with Gasteiger partial charge in [0, 0.05) is 24.2 Å². The lowest BCUT2D eigenvalue weighted by Crippen LogP contribution is -2.23. The average Bonchev–Trinajstić information content (AvgIpc) is 2.71. The highest BCUT2D eigenvalue weighted by Gasteiger charge is 2.19. The Morgan fingerprint density at radius 1 is 1.13 bits per heavy atom. The summed E-state index contributed by atoms with van der Waals surface area (Å²) in [6.07, 6.45) is 0. The van der Waals surface area contributed by atoms with Crippen LogP contribution in [0.5, 0.6) is 11.5 Å². The van der Waals surface area contributed by atoms with Crippen LogP contribution in [0.3, 0.4) is 0 Å². The van der Waals surface area contributed by atoms with E-state index in [9.17, 15) is 28.5 Å². The maximum atomic E-state index is 12.5. The normalized spacial score (nSPS) is 10.4. The Morgan fingerprint density at radius 3 is 2.43 bits per heavy atom. The summed E-state index contributed by atoms with van der Waals surface area (Å²) in [6, 6.07) is 7.37. The number of ether oxygens (including phenoxy) is 3. The molecule has 0 fully saturated rings. The van der Waals surface area contributed by atoms with Crippen molar-refractivity contribution in [2.45, 2.75) is 20.1 Å². The second-order valence-electron chi connectivity index (χ2n) is 5.79. The molecule has 0 atom stereocenters. The first kappa shape index (κ1) is 22.5. The molecule has 0 saturated heterocycles. The number of hydrogen-bond acceptors (Lipinski definition) is 7. The summed E-state index contributed by atoms with van der Waals surface area (Å²) in [6.45, 7) is -1.53. The lowest BCUT2D eigenvalue weighted by molar-refractivity contribution is -0.384. The van der Waals surface area contributed by atoms with E-state index in [0.717, 1.165) is 12.1 Å². The molecule has 0 radical (unpaired) electrons. The Hall–Kier alpha value is -3.76. The number of rotatable bonds is 9. The van der Waals surface area contributed by atoms with Crippen molar-refractivity contribution >= 4 is 17.6 Å². The van der Waals surface area contributed by atoms with Crippen LogP contribution in [-0.4, -0.2) is 37.1 Å². The van der Waals surface area contributed by atoms with E-state index in [1.54, 1.807) is 6.92 Å². The van der Waals surface area contributed by atoms with Crippen LogP contribution in [0.2, 0.25) is 0 Å². The number of methoxy groups -OCH3 is 1.